The fourth-order valence-electron chi connectivity index (χ4n) is 2.94. The van der Waals surface area contributed by atoms with E-state index in [1.165, 1.54) is 6.07 Å². The zero-order valence-electron chi connectivity index (χ0n) is 15.7. The van der Waals surface area contributed by atoms with Gasteiger partial charge in [-0.05, 0) is 35.7 Å². The highest BCUT2D eigenvalue weighted by Crippen LogP contribution is 2.34. The first-order valence-corrected chi connectivity index (χ1v) is 9.11. The zero-order valence-corrected chi connectivity index (χ0v) is 15.7. The van der Waals surface area contributed by atoms with Gasteiger partial charge in [0.2, 0.25) is 0 Å². The molecule has 27 heavy (non-hydrogen) atoms. The number of nitrogens with one attached hydrogen (secondary N) is 2. The van der Waals surface area contributed by atoms with Gasteiger partial charge in [0, 0.05) is 18.5 Å². The van der Waals surface area contributed by atoms with Crippen molar-refractivity contribution in [1.82, 2.24) is 10.6 Å². The van der Waals surface area contributed by atoms with Crippen LogP contribution >= 0.6 is 0 Å². The van der Waals surface area contributed by atoms with Crippen LogP contribution in [0.25, 0.3) is 0 Å². The summed E-state index contributed by atoms with van der Waals surface area (Å²) >= 11 is 0. The van der Waals surface area contributed by atoms with E-state index in [1.807, 2.05) is 18.2 Å². The van der Waals surface area contributed by atoms with Gasteiger partial charge in [-0.2, -0.15) is 0 Å². The summed E-state index contributed by atoms with van der Waals surface area (Å²) in [6, 6.07) is 12.2. The van der Waals surface area contributed by atoms with Crippen LogP contribution in [0.1, 0.15) is 25.0 Å². The Kier molecular flexibility index (Phi) is 5.84. The number of rotatable bonds is 6. The van der Waals surface area contributed by atoms with Gasteiger partial charge >= 0.3 is 6.03 Å². The predicted molar refractivity (Wildman–Crippen MR) is 102 cm³/mol. The third-order valence-electron chi connectivity index (χ3n) is 4.65. The quantitative estimate of drug-likeness (QED) is 0.817. The average molecular weight is 372 g/mol. The Bertz CT molecular complexity index is 808. The molecule has 3 rings (SSSR count). The maximum atomic E-state index is 13.6. The van der Waals surface area contributed by atoms with Crippen LogP contribution in [0.15, 0.2) is 42.5 Å². The molecule has 0 fully saturated rings. The second-order valence-electron chi connectivity index (χ2n) is 7.19. The molecule has 144 valence electrons. The van der Waals surface area contributed by atoms with Gasteiger partial charge in [-0.15, -0.1) is 0 Å². The summed E-state index contributed by atoms with van der Waals surface area (Å²) in [5, 5.41) is 5.66. The Labute approximate surface area is 158 Å². The molecule has 0 unspecified atom stereocenters. The number of ether oxygens (including phenoxy) is 2. The van der Waals surface area contributed by atoms with Gasteiger partial charge in [-0.25, -0.2) is 9.18 Å². The minimum atomic E-state index is -0.279. The summed E-state index contributed by atoms with van der Waals surface area (Å²) in [5.41, 5.74) is 1.37. The number of fused-ring (bicyclic) bond motifs is 1. The lowest BCUT2D eigenvalue weighted by molar-refractivity contribution is 0.171. The van der Waals surface area contributed by atoms with Crippen molar-refractivity contribution in [2.75, 3.05) is 26.3 Å². The third-order valence-corrected chi connectivity index (χ3v) is 4.65. The van der Waals surface area contributed by atoms with Crippen molar-refractivity contribution < 1.29 is 18.7 Å². The van der Waals surface area contributed by atoms with Gasteiger partial charge < -0.3 is 20.1 Å². The van der Waals surface area contributed by atoms with E-state index in [-0.39, 0.29) is 17.3 Å². The number of hydrogen-bond acceptors (Lipinski definition) is 3. The molecule has 0 saturated heterocycles. The molecule has 0 saturated carbocycles. The summed E-state index contributed by atoms with van der Waals surface area (Å²) in [6.07, 6.45) is 0.450. The number of urea groups is 1. The predicted octanol–water partition coefficient (Wildman–Crippen LogP) is 3.42. The molecule has 1 heterocycles. The number of carbonyl (C=O) groups is 1. The Hall–Kier alpha value is -2.76. The van der Waals surface area contributed by atoms with E-state index in [2.05, 4.69) is 24.5 Å². The van der Waals surface area contributed by atoms with E-state index in [0.29, 0.717) is 38.3 Å². The second kappa shape index (κ2) is 8.29. The minimum Gasteiger partial charge on any atom is -0.486 e. The van der Waals surface area contributed by atoms with Crippen LogP contribution in [0, 0.1) is 5.82 Å². The lowest BCUT2D eigenvalue weighted by Gasteiger charge is -2.28. The minimum absolute atomic E-state index is 0.251. The topological polar surface area (TPSA) is 59.6 Å². The van der Waals surface area contributed by atoms with E-state index < -0.39 is 0 Å². The highest BCUT2D eigenvalue weighted by molar-refractivity contribution is 5.74. The SMILES string of the molecule is CC(C)(CNC(=O)NCCc1ccccc1F)c1ccc2c(c1)OCCO2. The summed E-state index contributed by atoms with van der Waals surface area (Å²) < 4.78 is 24.8. The molecule has 0 aromatic heterocycles. The third kappa shape index (κ3) is 4.90. The van der Waals surface area contributed by atoms with Crippen molar-refractivity contribution in [1.29, 1.82) is 0 Å². The maximum Gasteiger partial charge on any atom is 0.314 e. The van der Waals surface area contributed by atoms with Crippen molar-refractivity contribution in [3.05, 3.63) is 59.4 Å². The van der Waals surface area contributed by atoms with Gasteiger partial charge in [0.05, 0.1) is 0 Å². The normalized spacial score (nSPS) is 13.1. The molecule has 1 aliphatic heterocycles. The Balaban J connectivity index is 1.49. The largest absolute Gasteiger partial charge is 0.486 e. The number of halogens is 1. The number of benzene rings is 2. The molecular weight excluding hydrogens is 347 g/mol. The Morgan fingerprint density at radius 1 is 1.07 bits per heavy atom. The van der Waals surface area contributed by atoms with Gasteiger partial charge in [0.1, 0.15) is 19.0 Å². The van der Waals surface area contributed by atoms with Crippen LogP contribution in [0.2, 0.25) is 0 Å². The van der Waals surface area contributed by atoms with Crippen LogP contribution < -0.4 is 20.1 Å². The first kappa shape index (κ1) is 19.0. The summed E-state index contributed by atoms with van der Waals surface area (Å²) in [7, 11) is 0. The van der Waals surface area contributed by atoms with E-state index >= 15 is 0 Å². The molecule has 5 nitrogen and oxygen atoms in total. The molecule has 2 aromatic carbocycles. The molecule has 0 radical (unpaired) electrons. The van der Waals surface area contributed by atoms with Crippen molar-refractivity contribution in [2.24, 2.45) is 0 Å². The average Bonchev–Trinajstić information content (AvgIpc) is 2.67. The van der Waals surface area contributed by atoms with Gasteiger partial charge in [0.25, 0.3) is 0 Å². The van der Waals surface area contributed by atoms with Crippen molar-refractivity contribution in [2.45, 2.75) is 25.7 Å². The molecule has 2 amide bonds. The summed E-state index contributed by atoms with van der Waals surface area (Å²) in [6.45, 7) is 6.04. The van der Waals surface area contributed by atoms with E-state index in [0.717, 1.165) is 17.1 Å². The molecule has 0 bridgehead atoms. The summed E-state index contributed by atoms with van der Waals surface area (Å²) in [5.74, 6) is 1.24. The van der Waals surface area contributed by atoms with Crippen LogP contribution in [0.3, 0.4) is 0 Å². The smallest absolute Gasteiger partial charge is 0.314 e. The van der Waals surface area contributed by atoms with E-state index in [4.69, 9.17) is 9.47 Å². The fraction of sp³-hybridized carbons (Fsp3) is 0.381. The number of carbonyl (C=O) groups excluding carboxylic acids is 1. The summed E-state index contributed by atoms with van der Waals surface area (Å²) in [4.78, 5) is 12.1. The van der Waals surface area contributed by atoms with Gasteiger partial charge in [-0.3, -0.25) is 0 Å². The van der Waals surface area contributed by atoms with Gasteiger partial charge in [0.15, 0.2) is 11.5 Å². The van der Waals surface area contributed by atoms with Crippen LogP contribution in [-0.2, 0) is 11.8 Å². The Morgan fingerprint density at radius 3 is 2.59 bits per heavy atom. The molecule has 1 aliphatic rings. The fourth-order valence-corrected chi connectivity index (χ4v) is 2.94. The van der Waals surface area contributed by atoms with Crippen molar-refractivity contribution in [3.63, 3.8) is 0 Å². The van der Waals surface area contributed by atoms with E-state index in [9.17, 15) is 9.18 Å². The molecule has 0 aliphatic carbocycles. The lowest BCUT2D eigenvalue weighted by Crippen LogP contribution is -2.42. The monoisotopic (exact) mass is 372 g/mol. The van der Waals surface area contributed by atoms with Gasteiger partial charge in [-0.1, -0.05) is 38.1 Å². The first-order chi connectivity index (χ1) is 13.0. The number of hydrogen-bond donors (Lipinski definition) is 2. The molecule has 0 atom stereocenters. The molecule has 0 spiro atoms. The first-order valence-electron chi connectivity index (χ1n) is 9.11. The molecule has 2 aromatic rings. The zero-order chi connectivity index (χ0) is 19.3. The highest BCUT2D eigenvalue weighted by Gasteiger charge is 2.24. The highest BCUT2D eigenvalue weighted by atomic mass is 19.1. The van der Waals surface area contributed by atoms with Crippen LogP contribution in [-0.4, -0.2) is 32.3 Å². The number of amides is 2. The standard InChI is InChI=1S/C21H25FN2O3/c1-21(2,16-7-8-18-19(13-16)27-12-11-26-18)14-24-20(25)23-10-9-15-5-3-4-6-17(15)22/h3-8,13H,9-12,14H2,1-2H3,(H2,23,24,25). The molecule has 2 N–H and O–H groups in total. The van der Waals surface area contributed by atoms with Crippen LogP contribution in [0.5, 0.6) is 11.5 Å². The maximum absolute atomic E-state index is 13.6. The Morgan fingerprint density at radius 2 is 1.81 bits per heavy atom. The second-order valence-corrected chi connectivity index (χ2v) is 7.19. The lowest BCUT2D eigenvalue weighted by atomic mass is 9.84. The van der Waals surface area contributed by atoms with E-state index in [1.54, 1.807) is 18.2 Å². The van der Waals surface area contributed by atoms with Crippen LogP contribution in [0.4, 0.5) is 9.18 Å². The van der Waals surface area contributed by atoms with Crippen molar-refractivity contribution >= 4 is 6.03 Å². The molecular formula is C21H25FN2O3. The van der Waals surface area contributed by atoms with Crippen molar-refractivity contribution in [3.8, 4) is 11.5 Å². The molecule has 6 heteroatoms.